The number of rotatable bonds is 4. The van der Waals surface area contributed by atoms with Crippen LogP contribution >= 0.6 is 0 Å². The Balaban J connectivity index is 2.02. The summed E-state index contributed by atoms with van der Waals surface area (Å²) in [5, 5.41) is 9.42. The van der Waals surface area contributed by atoms with E-state index in [2.05, 4.69) is 4.98 Å². The van der Waals surface area contributed by atoms with Gasteiger partial charge >= 0.3 is 12.1 Å². The van der Waals surface area contributed by atoms with Gasteiger partial charge in [0.05, 0.1) is 11.3 Å². The number of hydrogen-bond acceptors (Lipinski definition) is 2. The molecule has 1 aliphatic carbocycles. The number of aromatic nitrogens is 2. The molecule has 0 aliphatic heterocycles. The third-order valence-electron chi connectivity index (χ3n) is 4.57. The summed E-state index contributed by atoms with van der Waals surface area (Å²) in [5.74, 6) is -1.71. The average Bonchev–Trinajstić information content (AvgIpc) is 3.37. The van der Waals surface area contributed by atoms with E-state index in [1.165, 1.54) is 30.5 Å². The fraction of sp³-hybridized carbons (Fsp3) is 0.200. The smallest absolute Gasteiger partial charge is 0.420 e. The first kappa shape index (κ1) is 18.2. The molecule has 0 unspecified atom stereocenters. The molecule has 3 aromatic rings. The molecule has 0 atom stereocenters. The molecular weight excluding hydrogens is 376 g/mol. The third-order valence-corrected chi connectivity index (χ3v) is 4.57. The van der Waals surface area contributed by atoms with Gasteiger partial charge in [-0.25, -0.2) is 14.2 Å². The molecule has 1 aliphatic rings. The summed E-state index contributed by atoms with van der Waals surface area (Å²) in [6, 6.07) is 6.05. The second-order valence-electron chi connectivity index (χ2n) is 6.69. The molecule has 4 nitrogen and oxygen atoms in total. The molecule has 2 aromatic heterocycles. The summed E-state index contributed by atoms with van der Waals surface area (Å²) in [5.41, 5.74) is -1.63. The number of carbonyl (C=O) groups is 1. The van der Waals surface area contributed by atoms with Crippen molar-refractivity contribution >= 4 is 17.7 Å². The van der Waals surface area contributed by atoms with Crippen LogP contribution in [0.4, 0.5) is 17.6 Å². The lowest BCUT2D eigenvalue weighted by molar-refractivity contribution is -0.136. The number of aromatic carboxylic acids is 1. The van der Waals surface area contributed by atoms with Gasteiger partial charge < -0.3 is 5.11 Å². The molecule has 2 heterocycles. The number of pyridine rings is 1. The molecule has 4 rings (SSSR count). The molecule has 28 heavy (non-hydrogen) atoms. The van der Waals surface area contributed by atoms with Crippen LogP contribution in [0.5, 0.6) is 0 Å². The second kappa shape index (κ2) is 6.47. The predicted octanol–water partition coefficient (Wildman–Crippen LogP) is 5.28. The van der Waals surface area contributed by atoms with Crippen molar-refractivity contribution in [1.82, 2.24) is 9.38 Å². The van der Waals surface area contributed by atoms with Crippen molar-refractivity contribution in [2.24, 2.45) is 5.92 Å². The lowest BCUT2D eigenvalue weighted by Gasteiger charge is -2.12. The van der Waals surface area contributed by atoms with Gasteiger partial charge in [-0.05, 0) is 54.2 Å². The summed E-state index contributed by atoms with van der Waals surface area (Å²) in [6.45, 7) is 0. The van der Waals surface area contributed by atoms with Gasteiger partial charge in [-0.1, -0.05) is 18.2 Å². The molecule has 0 radical (unpaired) electrons. The van der Waals surface area contributed by atoms with Crippen molar-refractivity contribution in [2.45, 2.75) is 19.0 Å². The molecule has 0 saturated heterocycles. The maximum atomic E-state index is 13.7. The Morgan fingerprint density at radius 2 is 1.96 bits per heavy atom. The molecule has 8 heteroatoms. The summed E-state index contributed by atoms with van der Waals surface area (Å²) in [7, 11) is 0. The van der Waals surface area contributed by atoms with E-state index >= 15 is 0 Å². The number of allylic oxidation sites excluding steroid dienone is 1. The molecule has 1 saturated carbocycles. The molecule has 1 aromatic carbocycles. The van der Waals surface area contributed by atoms with Crippen LogP contribution in [0.15, 0.2) is 42.6 Å². The largest absolute Gasteiger partial charge is 0.476 e. The number of halogens is 4. The topological polar surface area (TPSA) is 54.6 Å². The SMILES string of the molecule is O=C(O)c1nc2c(C(F)(F)F)cc(-c3cccc(F)c3)cn2c1C=CC1CC1. The monoisotopic (exact) mass is 390 g/mol. The molecular formula is C20H14F4N2O2. The zero-order valence-electron chi connectivity index (χ0n) is 14.4. The number of fused-ring (bicyclic) bond motifs is 1. The lowest BCUT2D eigenvalue weighted by atomic mass is 10.1. The van der Waals surface area contributed by atoms with E-state index in [1.54, 1.807) is 6.08 Å². The summed E-state index contributed by atoms with van der Waals surface area (Å²) in [4.78, 5) is 15.3. The number of benzene rings is 1. The normalized spacial score (nSPS) is 14.9. The predicted molar refractivity (Wildman–Crippen MR) is 94.3 cm³/mol. The van der Waals surface area contributed by atoms with Crippen LogP contribution in [0.25, 0.3) is 22.9 Å². The van der Waals surface area contributed by atoms with Gasteiger partial charge in [-0.15, -0.1) is 0 Å². The maximum Gasteiger partial charge on any atom is 0.420 e. The van der Waals surface area contributed by atoms with Crippen molar-refractivity contribution < 1.29 is 27.5 Å². The molecule has 1 N–H and O–H groups in total. The van der Waals surface area contributed by atoms with Crippen LogP contribution in [-0.2, 0) is 6.18 Å². The standard InChI is InChI=1S/C20H14F4N2O2/c21-14-3-1-2-12(8-14)13-9-15(20(22,23)24)18-25-17(19(27)28)16(26(18)10-13)7-6-11-4-5-11/h1-3,6-11H,4-5H2,(H,27,28). The van der Waals surface area contributed by atoms with E-state index < -0.39 is 34.9 Å². The molecule has 0 spiro atoms. The first-order valence-electron chi connectivity index (χ1n) is 8.55. The van der Waals surface area contributed by atoms with E-state index in [9.17, 15) is 27.5 Å². The summed E-state index contributed by atoms with van der Waals surface area (Å²) >= 11 is 0. The number of nitrogens with zero attached hydrogens (tertiary/aromatic N) is 2. The Kier molecular flexibility index (Phi) is 4.21. The highest BCUT2D eigenvalue weighted by Crippen LogP contribution is 2.37. The van der Waals surface area contributed by atoms with E-state index in [1.807, 2.05) is 0 Å². The zero-order valence-corrected chi connectivity index (χ0v) is 14.4. The van der Waals surface area contributed by atoms with Gasteiger partial charge in [0.1, 0.15) is 5.82 Å². The first-order chi connectivity index (χ1) is 13.2. The number of alkyl halides is 3. The fourth-order valence-electron chi connectivity index (χ4n) is 3.03. The van der Waals surface area contributed by atoms with Gasteiger partial charge in [0, 0.05) is 6.20 Å². The Morgan fingerprint density at radius 3 is 2.57 bits per heavy atom. The summed E-state index contributed by atoms with van der Waals surface area (Å²) < 4.78 is 55.7. The van der Waals surface area contributed by atoms with Crippen LogP contribution in [0.1, 0.15) is 34.6 Å². The van der Waals surface area contributed by atoms with E-state index in [0.29, 0.717) is 5.92 Å². The minimum absolute atomic E-state index is 0.0538. The molecule has 144 valence electrons. The van der Waals surface area contributed by atoms with Gasteiger partial charge in [0.15, 0.2) is 11.3 Å². The van der Waals surface area contributed by atoms with Crippen LogP contribution in [-0.4, -0.2) is 20.5 Å². The van der Waals surface area contributed by atoms with Crippen LogP contribution in [0.3, 0.4) is 0 Å². The van der Waals surface area contributed by atoms with E-state index in [-0.39, 0.29) is 16.8 Å². The van der Waals surface area contributed by atoms with Gasteiger partial charge in [-0.3, -0.25) is 4.40 Å². The molecule has 0 bridgehead atoms. The maximum absolute atomic E-state index is 13.7. The highest BCUT2D eigenvalue weighted by Gasteiger charge is 2.36. The Labute approximate surface area is 156 Å². The fourth-order valence-corrected chi connectivity index (χ4v) is 3.03. The van der Waals surface area contributed by atoms with E-state index in [0.717, 1.165) is 29.4 Å². The minimum atomic E-state index is -4.76. The van der Waals surface area contributed by atoms with Crippen LogP contribution < -0.4 is 0 Å². The zero-order chi connectivity index (χ0) is 20.1. The molecule has 1 fully saturated rings. The number of carboxylic acid groups (broad SMARTS) is 1. The summed E-state index contributed by atoms with van der Waals surface area (Å²) in [6.07, 6.45) is 1.78. The van der Waals surface area contributed by atoms with Crippen molar-refractivity contribution in [3.63, 3.8) is 0 Å². The van der Waals surface area contributed by atoms with Crippen molar-refractivity contribution in [1.29, 1.82) is 0 Å². The lowest BCUT2D eigenvalue weighted by Crippen LogP contribution is -2.08. The van der Waals surface area contributed by atoms with Crippen molar-refractivity contribution in [2.75, 3.05) is 0 Å². The average molecular weight is 390 g/mol. The number of carboxylic acids is 1. The van der Waals surface area contributed by atoms with Gasteiger partial charge in [0.2, 0.25) is 0 Å². The van der Waals surface area contributed by atoms with Crippen molar-refractivity contribution in [3.05, 3.63) is 65.4 Å². The van der Waals surface area contributed by atoms with Crippen LogP contribution in [0, 0.1) is 11.7 Å². The highest BCUT2D eigenvalue weighted by atomic mass is 19.4. The molecule has 0 amide bonds. The number of imidazole rings is 1. The highest BCUT2D eigenvalue weighted by molar-refractivity contribution is 5.91. The Hall–Kier alpha value is -3.16. The van der Waals surface area contributed by atoms with E-state index in [4.69, 9.17) is 0 Å². The second-order valence-corrected chi connectivity index (χ2v) is 6.69. The van der Waals surface area contributed by atoms with Crippen molar-refractivity contribution in [3.8, 4) is 11.1 Å². The minimum Gasteiger partial charge on any atom is -0.476 e. The van der Waals surface area contributed by atoms with Gasteiger partial charge in [0.25, 0.3) is 0 Å². The Bertz CT molecular complexity index is 1110. The Morgan fingerprint density at radius 1 is 1.21 bits per heavy atom. The quantitative estimate of drug-likeness (QED) is 0.617. The third kappa shape index (κ3) is 3.37. The van der Waals surface area contributed by atoms with Gasteiger partial charge in [-0.2, -0.15) is 13.2 Å². The van der Waals surface area contributed by atoms with Crippen LogP contribution in [0.2, 0.25) is 0 Å². The number of hydrogen-bond donors (Lipinski definition) is 1. The first-order valence-corrected chi connectivity index (χ1v) is 8.55.